The molecular weight excluding hydrogens is 567 g/mol. The van der Waals surface area contributed by atoms with Gasteiger partial charge in [0.25, 0.3) is 0 Å². The molecule has 238 valence electrons. The minimum Gasteiger partial charge on any atom is -0.490 e. The number of amides is 3. The molecule has 2 aromatic rings. The monoisotopic (exact) mass is 610 g/mol. The summed E-state index contributed by atoms with van der Waals surface area (Å²) in [6, 6.07) is 5.08. The fourth-order valence-electron chi connectivity index (χ4n) is 6.18. The topological polar surface area (TPSA) is 144 Å². The third kappa shape index (κ3) is 7.57. The first-order chi connectivity index (χ1) is 21.2. The number of nitrogens with one attached hydrogen (secondary N) is 1. The van der Waals surface area contributed by atoms with Gasteiger partial charge in [-0.3, -0.25) is 14.4 Å². The maximum Gasteiger partial charge on any atom is 0.324 e. The van der Waals surface area contributed by atoms with Crippen molar-refractivity contribution in [3.63, 3.8) is 0 Å². The van der Waals surface area contributed by atoms with Crippen LogP contribution >= 0.6 is 0 Å². The Hall–Kier alpha value is -3.96. The number of piperidine rings is 1. The molecule has 0 radical (unpaired) electrons. The average Bonchev–Trinajstić information content (AvgIpc) is 3.72. The minimum absolute atomic E-state index is 0.0980. The van der Waals surface area contributed by atoms with Crippen molar-refractivity contribution < 1.29 is 28.0 Å². The maximum atomic E-state index is 15.0. The number of rotatable bonds is 11. The van der Waals surface area contributed by atoms with Crippen LogP contribution in [0, 0.1) is 17.7 Å². The van der Waals surface area contributed by atoms with Gasteiger partial charge in [-0.05, 0) is 74.1 Å². The van der Waals surface area contributed by atoms with E-state index in [2.05, 4.69) is 20.4 Å². The van der Waals surface area contributed by atoms with Crippen molar-refractivity contribution in [2.24, 2.45) is 17.6 Å². The van der Waals surface area contributed by atoms with Gasteiger partial charge in [0.05, 0.1) is 6.61 Å². The molecule has 3 N–H and O–H groups in total. The summed E-state index contributed by atoms with van der Waals surface area (Å²) >= 11 is 0. The zero-order chi connectivity index (χ0) is 31.2. The summed E-state index contributed by atoms with van der Waals surface area (Å²) in [5, 5.41) is 6.90. The zero-order valence-electron chi connectivity index (χ0n) is 25.6. The van der Waals surface area contributed by atoms with E-state index in [-0.39, 0.29) is 42.4 Å². The van der Waals surface area contributed by atoms with Gasteiger partial charge in [-0.15, -0.1) is 0 Å². The van der Waals surface area contributed by atoms with Gasteiger partial charge >= 0.3 is 6.01 Å². The first-order valence-electron chi connectivity index (χ1n) is 15.8. The molecule has 44 heavy (non-hydrogen) atoms. The van der Waals surface area contributed by atoms with Crippen molar-refractivity contribution in [2.75, 3.05) is 37.7 Å². The van der Waals surface area contributed by atoms with Crippen molar-refractivity contribution in [1.29, 1.82) is 0 Å². The van der Waals surface area contributed by atoms with Crippen molar-refractivity contribution in [2.45, 2.75) is 77.2 Å². The second kappa shape index (κ2) is 14.2. The molecule has 1 aromatic heterocycles. The van der Waals surface area contributed by atoms with Crippen LogP contribution < -0.4 is 20.7 Å². The number of nitrogens with two attached hydrogens (primary N) is 1. The number of likely N-dealkylation sites (tertiary alicyclic amines) is 1. The third-order valence-corrected chi connectivity index (χ3v) is 8.93. The molecular formula is C32H43FN6O5. The molecule has 5 rings (SSSR count). The standard InChI is InChI=1S/C32H43FN6O5/c1-20(2)30-36-32(44-37-30)38-16-12-21(13-17-38)19-43-27-10-9-24(18-25(27)33)22-5-7-23(8-6-22)31(42)35-14-11-28(40)39-15-3-4-26(39)29(34)41/h5,9-10,18,20-21,23,26H,3-4,6-8,11-17,19H2,1-2H3,(H2,34,41)(H,35,42). The molecule has 12 heteroatoms. The summed E-state index contributed by atoms with van der Waals surface area (Å²) < 4.78 is 26.3. The van der Waals surface area contributed by atoms with Crippen LogP contribution in [-0.4, -0.2) is 71.6 Å². The molecule has 3 aliphatic rings. The maximum absolute atomic E-state index is 15.0. The van der Waals surface area contributed by atoms with Crippen LogP contribution in [0.1, 0.15) is 82.5 Å². The number of aromatic nitrogens is 2. The number of benzene rings is 1. The summed E-state index contributed by atoms with van der Waals surface area (Å²) in [6.07, 6.45) is 7.11. The SMILES string of the molecule is CC(C)c1noc(N2CCC(COc3ccc(C4=CCC(C(=O)NCCC(=O)N5CCCC5C(N)=O)CC4)cc3F)CC2)n1. The molecule has 2 fully saturated rings. The molecule has 0 bridgehead atoms. The second-order valence-corrected chi connectivity index (χ2v) is 12.4. The van der Waals surface area contributed by atoms with E-state index in [1.807, 2.05) is 26.0 Å². The predicted octanol–water partition coefficient (Wildman–Crippen LogP) is 3.79. The van der Waals surface area contributed by atoms with Crippen LogP contribution in [0.15, 0.2) is 28.8 Å². The highest BCUT2D eigenvalue weighted by Crippen LogP contribution is 2.33. The normalized spacial score (nSPS) is 21.0. The number of hydrogen-bond acceptors (Lipinski definition) is 8. The van der Waals surface area contributed by atoms with Crippen LogP contribution in [0.5, 0.6) is 5.75 Å². The molecule has 3 amide bonds. The Bertz CT molecular complexity index is 1370. The number of halogens is 1. The summed E-state index contributed by atoms with van der Waals surface area (Å²) in [5.74, 6) is 0.135. The Labute approximate surface area is 257 Å². The van der Waals surface area contributed by atoms with Crippen molar-refractivity contribution in [1.82, 2.24) is 20.4 Å². The van der Waals surface area contributed by atoms with Gasteiger partial charge in [0.15, 0.2) is 17.4 Å². The smallest absolute Gasteiger partial charge is 0.324 e. The highest BCUT2D eigenvalue weighted by atomic mass is 19.1. The summed E-state index contributed by atoms with van der Waals surface area (Å²) in [6.45, 7) is 6.82. The van der Waals surface area contributed by atoms with E-state index < -0.39 is 17.8 Å². The predicted molar refractivity (Wildman–Crippen MR) is 162 cm³/mol. The second-order valence-electron chi connectivity index (χ2n) is 12.4. The highest BCUT2D eigenvalue weighted by Gasteiger charge is 2.32. The molecule has 2 aliphatic heterocycles. The summed E-state index contributed by atoms with van der Waals surface area (Å²) in [7, 11) is 0. The lowest BCUT2D eigenvalue weighted by Crippen LogP contribution is -2.44. The molecule has 11 nitrogen and oxygen atoms in total. The van der Waals surface area contributed by atoms with E-state index in [9.17, 15) is 18.8 Å². The van der Waals surface area contributed by atoms with Crippen LogP contribution in [0.4, 0.5) is 10.4 Å². The summed E-state index contributed by atoms with van der Waals surface area (Å²) in [4.78, 5) is 44.8. The van der Waals surface area contributed by atoms with E-state index in [0.717, 1.165) is 43.5 Å². The van der Waals surface area contributed by atoms with Gasteiger partial charge in [-0.25, -0.2) is 4.39 Å². The van der Waals surface area contributed by atoms with Crippen LogP contribution in [0.3, 0.4) is 0 Å². The van der Waals surface area contributed by atoms with Gasteiger partial charge in [0, 0.05) is 44.4 Å². The first kappa shape index (κ1) is 31.5. The Balaban J connectivity index is 1.04. The van der Waals surface area contributed by atoms with Gasteiger partial charge in [-0.1, -0.05) is 31.1 Å². The van der Waals surface area contributed by atoms with E-state index in [1.165, 1.54) is 11.0 Å². The van der Waals surface area contributed by atoms with E-state index in [1.54, 1.807) is 6.07 Å². The number of ether oxygens (including phenoxy) is 1. The van der Waals surface area contributed by atoms with Crippen LogP contribution in [0.2, 0.25) is 0 Å². The van der Waals surface area contributed by atoms with Crippen molar-refractivity contribution in [3.8, 4) is 5.75 Å². The van der Waals surface area contributed by atoms with Gasteiger partial charge < -0.3 is 30.1 Å². The lowest BCUT2D eigenvalue weighted by molar-refractivity contribution is -0.137. The first-order valence-corrected chi connectivity index (χ1v) is 15.8. The Kier molecular flexibility index (Phi) is 10.2. The number of hydrogen-bond donors (Lipinski definition) is 2. The number of nitrogens with zero attached hydrogens (tertiary/aromatic N) is 4. The van der Waals surface area contributed by atoms with Gasteiger partial charge in [0.2, 0.25) is 17.7 Å². The Morgan fingerprint density at radius 2 is 1.95 bits per heavy atom. The summed E-state index contributed by atoms with van der Waals surface area (Å²) in [5.41, 5.74) is 7.20. The fourth-order valence-corrected chi connectivity index (χ4v) is 6.18. The van der Waals surface area contributed by atoms with Gasteiger partial charge in [0.1, 0.15) is 6.04 Å². The average molecular weight is 611 g/mol. The number of primary amides is 1. The largest absolute Gasteiger partial charge is 0.490 e. The Morgan fingerprint density at radius 3 is 2.61 bits per heavy atom. The highest BCUT2D eigenvalue weighted by molar-refractivity contribution is 5.87. The molecule has 0 spiro atoms. The molecule has 0 saturated carbocycles. The molecule has 2 atom stereocenters. The lowest BCUT2D eigenvalue weighted by atomic mass is 9.86. The van der Waals surface area contributed by atoms with Crippen LogP contribution in [-0.2, 0) is 14.4 Å². The van der Waals surface area contributed by atoms with Crippen molar-refractivity contribution in [3.05, 3.63) is 41.5 Å². The third-order valence-electron chi connectivity index (χ3n) is 8.93. The van der Waals surface area contributed by atoms with E-state index >= 15 is 0 Å². The number of carbonyl (C=O) groups excluding carboxylic acids is 3. The minimum atomic E-state index is -0.545. The number of carbonyl (C=O) groups is 3. The van der Waals surface area contributed by atoms with Crippen LogP contribution in [0.25, 0.3) is 5.57 Å². The zero-order valence-corrected chi connectivity index (χ0v) is 25.6. The van der Waals surface area contributed by atoms with E-state index in [0.29, 0.717) is 56.6 Å². The molecule has 1 aromatic carbocycles. The molecule has 3 heterocycles. The number of anilines is 1. The number of allylic oxidation sites excluding steroid dienone is 2. The van der Waals surface area contributed by atoms with E-state index in [4.69, 9.17) is 15.0 Å². The Morgan fingerprint density at radius 1 is 1.16 bits per heavy atom. The fraction of sp³-hybridized carbons (Fsp3) is 0.594. The van der Waals surface area contributed by atoms with Crippen molar-refractivity contribution >= 4 is 29.3 Å². The van der Waals surface area contributed by atoms with Gasteiger partial charge in [-0.2, -0.15) is 4.98 Å². The quantitative estimate of drug-likeness (QED) is 0.391. The molecule has 2 saturated heterocycles. The molecule has 1 aliphatic carbocycles. The lowest BCUT2D eigenvalue weighted by Gasteiger charge is -2.30. The molecule has 2 unspecified atom stereocenters.